The van der Waals surface area contributed by atoms with E-state index in [1.165, 1.54) is 24.3 Å². The zero-order valence-electron chi connectivity index (χ0n) is 11.7. The highest BCUT2D eigenvalue weighted by molar-refractivity contribution is 5.80. The molecule has 1 atom stereocenters. The molecule has 0 radical (unpaired) electrons. The quantitative estimate of drug-likeness (QED) is 0.372. The van der Waals surface area contributed by atoms with Gasteiger partial charge < -0.3 is 20.9 Å². The van der Waals surface area contributed by atoms with Gasteiger partial charge in [0.05, 0.1) is 4.92 Å². The minimum atomic E-state index is -1.17. The van der Waals surface area contributed by atoms with Crippen molar-refractivity contribution in [1.82, 2.24) is 5.32 Å². The number of nitro groups is 1. The van der Waals surface area contributed by atoms with Crippen molar-refractivity contribution in [2.24, 2.45) is 5.73 Å². The summed E-state index contributed by atoms with van der Waals surface area (Å²) in [5.74, 6) is -1.09. The zero-order valence-corrected chi connectivity index (χ0v) is 11.7. The number of rotatable bonds is 8. The molecule has 0 heterocycles. The number of ether oxygens (including phenoxy) is 1. The van der Waals surface area contributed by atoms with Gasteiger partial charge in [0.15, 0.2) is 0 Å². The van der Waals surface area contributed by atoms with Gasteiger partial charge in [0.25, 0.3) is 5.69 Å². The van der Waals surface area contributed by atoms with E-state index in [9.17, 15) is 19.7 Å². The summed E-state index contributed by atoms with van der Waals surface area (Å²) in [6.45, 7) is 0.444. The molecular weight excluding hydrogens is 294 g/mol. The molecule has 120 valence electrons. The Morgan fingerprint density at radius 3 is 2.45 bits per heavy atom. The summed E-state index contributed by atoms with van der Waals surface area (Å²) in [6.07, 6.45) is 0.518. The molecule has 0 spiro atoms. The Morgan fingerprint density at radius 1 is 1.32 bits per heavy atom. The van der Waals surface area contributed by atoms with Gasteiger partial charge in [-0.3, -0.25) is 10.1 Å². The van der Waals surface area contributed by atoms with E-state index in [0.29, 0.717) is 19.4 Å². The van der Waals surface area contributed by atoms with Crippen molar-refractivity contribution in [1.29, 1.82) is 0 Å². The minimum absolute atomic E-state index is 0.0780. The Morgan fingerprint density at radius 2 is 1.95 bits per heavy atom. The lowest BCUT2D eigenvalue weighted by Crippen LogP contribution is -2.42. The number of hydrogen-bond acceptors (Lipinski definition) is 6. The van der Waals surface area contributed by atoms with Crippen molar-refractivity contribution in [3.63, 3.8) is 0 Å². The number of nitrogens with two attached hydrogens (primary N) is 1. The second-order valence-corrected chi connectivity index (χ2v) is 4.46. The molecule has 0 bridgehead atoms. The fourth-order valence-corrected chi connectivity index (χ4v) is 1.66. The van der Waals surface area contributed by atoms with E-state index in [0.717, 1.165) is 0 Å². The van der Waals surface area contributed by atoms with E-state index >= 15 is 0 Å². The maximum atomic E-state index is 11.6. The van der Waals surface area contributed by atoms with Gasteiger partial charge in [-0.05, 0) is 37.9 Å². The zero-order chi connectivity index (χ0) is 16.5. The number of nitrogens with one attached hydrogen (secondary N) is 1. The normalized spacial score (nSPS) is 11.5. The van der Waals surface area contributed by atoms with Crippen LogP contribution in [-0.2, 0) is 4.79 Å². The van der Waals surface area contributed by atoms with Gasteiger partial charge in [-0.1, -0.05) is 0 Å². The molecule has 0 saturated carbocycles. The standard InChI is InChI=1S/C13H17N3O6/c14-8-2-1-3-11(12(17)18)15-13(19)22-10-6-4-9(5-7-10)16(20)21/h4-7,11H,1-3,8,14H2,(H,15,19)(H,17,18)/t11-/m0/s1. The lowest BCUT2D eigenvalue weighted by molar-refractivity contribution is -0.384. The Balaban J connectivity index is 2.55. The Hall–Kier alpha value is -2.68. The number of non-ortho nitro benzene ring substituents is 1. The van der Waals surface area contributed by atoms with Crippen molar-refractivity contribution in [2.75, 3.05) is 6.54 Å². The Labute approximate surface area is 126 Å². The molecular formula is C13H17N3O6. The number of carbonyl (C=O) groups is 2. The molecule has 4 N–H and O–H groups in total. The molecule has 9 nitrogen and oxygen atoms in total. The van der Waals surface area contributed by atoms with Gasteiger partial charge in [0.1, 0.15) is 11.8 Å². The predicted molar refractivity (Wildman–Crippen MR) is 76.6 cm³/mol. The number of nitro benzene ring substituents is 1. The molecule has 0 unspecified atom stereocenters. The molecule has 0 aliphatic carbocycles. The first-order chi connectivity index (χ1) is 10.4. The summed E-state index contributed by atoms with van der Waals surface area (Å²) in [5.41, 5.74) is 5.18. The molecule has 0 aliphatic rings. The van der Waals surface area contributed by atoms with Gasteiger partial charge in [-0.2, -0.15) is 0 Å². The number of unbranched alkanes of at least 4 members (excludes halogenated alkanes) is 1. The molecule has 1 aromatic carbocycles. The fourth-order valence-electron chi connectivity index (χ4n) is 1.66. The molecule has 22 heavy (non-hydrogen) atoms. The summed E-state index contributed by atoms with van der Waals surface area (Å²) >= 11 is 0. The van der Waals surface area contributed by atoms with E-state index in [4.69, 9.17) is 15.6 Å². The highest BCUT2D eigenvalue weighted by Gasteiger charge is 2.20. The first kappa shape index (κ1) is 17.4. The summed E-state index contributed by atoms with van der Waals surface area (Å²) in [4.78, 5) is 32.6. The van der Waals surface area contributed by atoms with Gasteiger partial charge in [-0.25, -0.2) is 9.59 Å². The van der Waals surface area contributed by atoms with Crippen LogP contribution in [0.25, 0.3) is 0 Å². The first-order valence-corrected chi connectivity index (χ1v) is 6.59. The SMILES string of the molecule is NCCCC[C@H](NC(=O)Oc1ccc([N+](=O)[O-])cc1)C(=O)O. The molecule has 9 heteroatoms. The number of carboxylic acids is 1. The van der Waals surface area contributed by atoms with Crippen LogP contribution in [0.4, 0.5) is 10.5 Å². The lowest BCUT2D eigenvalue weighted by atomic mass is 10.1. The monoisotopic (exact) mass is 311 g/mol. The van der Waals surface area contributed by atoms with E-state index in [2.05, 4.69) is 5.32 Å². The number of hydrogen-bond donors (Lipinski definition) is 3. The van der Waals surface area contributed by atoms with Crippen LogP contribution in [-0.4, -0.2) is 34.7 Å². The summed E-state index contributed by atoms with van der Waals surface area (Å²) in [5, 5.41) is 21.7. The van der Waals surface area contributed by atoms with Crippen molar-refractivity contribution in [3.05, 3.63) is 34.4 Å². The van der Waals surface area contributed by atoms with Crippen LogP contribution < -0.4 is 15.8 Å². The maximum absolute atomic E-state index is 11.6. The number of nitrogens with zero attached hydrogens (tertiary/aromatic N) is 1. The Kier molecular flexibility index (Phi) is 6.77. The predicted octanol–water partition coefficient (Wildman–Crippen LogP) is 1.27. The summed E-state index contributed by atoms with van der Waals surface area (Å²) in [6, 6.07) is 3.79. The fraction of sp³-hybridized carbons (Fsp3) is 0.385. The van der Waals surface area contributed by atoms with Crippen LogP contribution in [0.1, 0.15) is 19.3 Å². The number of carboxylic acid groups (broad SMARTS) is 1. The number of aliphatic carboxylic acids is 1. The molecule has 1 rings (SSSR count). The smallest absolute Gasteiger partial charge is 0.413 e. The van der Waals surface area contributed by atoms with Crippen LogP contribution in [0.5, 0.6) is 5.75 Å². The second kappa shape index (κ2) is 8.57. The first-order valence-electron chi connectivity index (χ1n) is 6.59. The van der Waals surface area contributed by atoms with Gasteiger partial charge in [-0.15, -0.1) is 0 Å². The highest BCUT2D eigenvalue weighted by atomic mass is 16.6. The lowest BCUT2D eigenvalue weighted by Gasteiger charge is -2.14. The van der Waals surface area contributed by atoms with Crippen molar-refractivity contribution in [3.8, 4) is 5.75 Å². The summed E-state index contributed by atoms with van der Waals surface area (Å²) in [7, 11) is 0. The van der Waals surface area contributed by atoms with E-state index in [-0.39, 0.29) is 17.9 Å². The third kappa shape index (κ3) is 5.75. The molecule has 0 saturated heterocycles. The number of benzene rings is 1. The largest absolute Gasteiger partial charge is 0.480 e. The third-order valence-corrected chi connectivity index (χ3v) is 2.80. The average Bonchev–Trinajstić information content (AvgIpc) is 2.46. The number of amides is 1. The number of carbonyl (C=O) groups excluding carboxylic acids is 1. The van der Waals surface area contributed by atoms with Gasteiger partial charge in [0.2, 0.25) is 0 Å². The molecule has 0 fully saturated rings. The van der Waals surface area contributed by atoms with Crippen LogP contribution in [0.15, 0.2) is 24.3 Å². The van der Waals surface area contributed by atoms with Crippen LogP contribution in [0, 0.1) is 10.1 Å². The average molecular weight is 311 g/mol. The molecule has 0 aliphatic heterocycles. The van der Waals surface area contributed by atoms with Crippen molar-refractivity contribution < 1.29 is 24.4 Å². The van der Waals surface area contributed by atoms with E-state index in [1.54, 1.807) is 0 Å². The van der Waals surface area contributed by atoms with Gasteiger partial charge in [0, 0.05) is 12.1 Å². The molecule has 1 aromatic rings. The second-order valence-electron chi connectivity index (χ2n) is 4.46. The highest BCUT2D eigenvalue weighted by Crippen LogP contribution is 2.17. The van der Waals surface area contributed by atoms with Gasteiger partial charge >= 0.3 is 12.1 Å². The van der Waals surface area contributed by atoms with Crippen LogP contribution >= 0.6 is 0 Å². The summed E-state index contributed by atoms with van der Waals surface area (Å²) < 4.78 is 4.88. The van der Waals surface area contributed by atoms with E-state index < -0.39 is 23.0 Å². The minimum Gasteiger partial charge on any atom is -0.480 e. The van der Waals surface area contributed by atoms with Crippen molar-refractivity contribution >= 4 is 17.7 Å². The third-order valence-electron chi connectivity index (χ3n) is 2.80. The Bertz CT molecular complexity index is 531. The van der Waals surface area contributed by atoms with Crippen LogP contribution in [0.3, 0.4) is 0 Å². The maximum Gasteiger partial charge on any atom is 0.413 e. The van der Waals surface area contributed by atoms with Crippen molar-refractivity contribution in [2.45, 2.75) is 25.3 Å². The molecule has 0 aromatic heterocycles. The van der Waals surface area contributed by atoms with E-state index in [1.807, 2.05) is 0 Å². The molecule has 1 amide bonds. The topological polar surface area (TPSA) is 145 Å². The van der Waals surface area contributed by atoms with Crippen LogP contribution in [0.2, 0.25) is 0 Å².